The predicted octanol–water partition coefficient (Wildman–Crippen LogP) is 1.84. The molecular weight excluding hydrogens is 430 g/mol. The first-order valence-electron chi connectivity index (χ1n) is 11.7. The molecule has 3 fully saturated rings. The number of hydrogen-bond donors (Lipinski definition) is 1. The van der Waals surface area contributed by atoms with Crippen LogP contribution in [0.15, 0.2) is 17.4 Å². The molecule has 3 heterocycles. The van der Waals surface area contributed by atoms with Crippen LogP contribution >= 0.6 is 0 Å². The summed E-state index contributed by atoms with van der Waals surface area (Å²) in [6, 6.07) is 1.66. The van der Waals surface area contributed by atoms with Crippen molar-refractivity contribution in [2.24, 2.45) is 5.16 Å². The molecule has 2 aliphatic heterocycles. The van der Waals surface area contributed by atoms with Crippen molar-refractivity contribution in [2.75, 3.05) is 32.8 Å². The SMILES string of the molecule is CCOC(=O)CON=C(C(=O)N1CCC(N2CC3(CCCCC3)OC2=O)CC1)c1ccn[nH]1. The van der Waals surface area contributed by atoms with Gasteiger partial charge < -0.3 is 24.1 Å². The van der Waals surface area contributed by atoms with E-state index in [-0.39, 0.29) is 42.6 Å². The third-order valence-corrected chi connectivity index (χ3v) is 6.56. The number of ether oxygens (including phenoxy) is 2. The zero-order valence-electron chi connectivity index (χ0n) is 19.0. The van der Waals surface area contributed by atoms with Crippen LogP contribution in [0, 0.1) is 0 Å². The van der Waals surface area contributed by atoms with Crippen molar-refractivity contribution in [3.05, 3.63) is 18.0 Å². The van der Waals surface area contributed by atoms with Gasteiger partial charge in [0.15, 0.2) is 5.71 Å². The summed E-state index contributed by atoms with van der Waals surface area (Å²) >= 11 is 0. The molecule has 1 aliphatic carbocycles. The van der Waals surface area contributed by atoms with E-state index in [0.29, 0.717) is 38.2 Å². The quantitative estimate of drug-likeness (QED) is 0.373. The molecule has 1 spiro atoms. The molecule has 33 heavy (non-hydrogen) atoms. The summed E-state index contributed by atoms with van der Waals surface area (Å²) < 4.78 is 10.6. The number of amides is 2. The molecule has 11 heteroatoms. The number of likely N-dealkylation sites (tertiary alicyclic amines) is 1. The van der Waals surface area contributed by atoms with Crippen LogP contribution in [0.1, 0.15) is 57.6 Å². The molecule has 1 aromatic heterocycles. The van der Waals surface area contributed by atoms with Crippen LogP contribution in [0.3, 0.4) is 0 Å². The van der Waals surface area contributed by atoms with E-state index in [2.05, 4.69) is 15.4 Å². The number of carbonyl (C=O) groups excluding carboxylic acids is 3. The first-order valence-corrected chi connectivity index (χ1v) is 11.7. The minimum atomic E-state index is -0.563. The highest BCUT2D eigenvalue weighted by atomic mass is 16.7. The van der Waals surface area contributed by atoms with Crippen molar-refractivity contribution in [1.82, 2.24) is 20.0 Å². The lowest BCUT2D eigenvalue weighted by atomic mass is 9.84. The number of nitrogens with one attached hydrogen (secondary N) is 1. The molecule has 1 aromatic rings. The highest BCUT2D eigenvalue weighted by Crippen LogP contribution is 2.38. The standard InChI is InChI=1S/C22H31N5O6/c1-2-31-18(28)14-32-25-19(17-6-11-23-24-17)20(29)26-12-7-16(8-13-26)27-15-22(33-21(27)30)9-4-3-5-10-22/h6,11,16H,2-5,7-10,12-15H2,1H3,(H,23,24). The number of rotatable bonds is 7. The van der Waals surface area contributed by atoms with Gasteiger partial charge in [-0.1, -0.05) is 11.6 Å². The molecule has 180 valence electrons. The summed E-state index contributed by atoms with van der Waals surface area (Å²) in [5.74, 6) is -0.888. The van der Waals surface area contributed by atoms with E-state index in [9.17, 15) is 14.4 Å². The summed E-state index contributed by atoms with van der Waals surface area (Å²) in [6.45, 7) is 3.14. The van der Waals surface area contributed by atoms with Gasteiger partial charge in [0.1, 0.15) is 5.60 Å². The fourth-order valence-corrected chi connectivity index (χ4v) is 4.86. The minimum Gasteiger partial charge on any atom is -0.463 e. The van der Waals surface area contributed by atoms with Gasteiger partial charge in [0.2, 0.25) is 6.61 Å². The number of hydrogen-bond acceptors (Lipinski definition) is 8. The number of aromatic nitrogens is 2. The maximum absolute atomic E-state index is 13.2. The first kappa shape index (κ1) is 23.1. The zero-order chi connectivity index (χ0) is 23.3. The van der Waals surface area contributed by atoms with Crippen LogP contribution in [0.4, 0.5) is 4.79 Å². The number of oxime groups is 1. The molecule has 2 amide bonds. The summed E-state index contributed by atoms with van der Waals surface area (Å²) in [5, 5.41) is 10.5. The Kier molecular flexibility index (Phi) is 7.14. The maximum Gasteiger partial charge on any atom is 0.410 e. The van der Waals surface area contributed by atoms with E-state index in [0.717, 1.165) is 25.7 Å². The summed E-state index contributed by atoms with van der Waals surface area (Å²) in [7, 11) is 0. The van der Waals surface area contributed by atoms with E-state index >= 15 is 0 Å². The van der Waals surface area contributed by atoms with Gasteiger partial charge in [-0.3, -0.25) is 9.89 Å². The molecule has 0 aromatic carbocycles. The number of carbonyl (C=O) groups is 3. The van der Waals surface area contributed by atoms with Crippen molar-refractivity contribution < 1.29 is 28.7 Å². The molecule has 1 saturated carbocycles. The molecule has 0 bridgehead atoms. The van der Waals surface area contributed by atoms with E-state index < -0.39 is 5.97 Å². The number of nitrogens with zero attached hydrogens (tertiary/aromatic N) is 4. The zero-order valence-corrected chi connectivity index (χ0v) is 19.0. The van der Waals surface area contributed by atoms with Gasteiger partial charge >= 0.3 is 12.1 Å². The van der Waals surface area contributed by atoms with Crippen molar-refractivity contribution in [3.8, 4) is 0 Å². The average Bonchev–Trinajstić information content (AvgIpc) is 3.45. The molecule has 0 radical (unpaired) electrons. The van der Waals surface area contributed by atoms with Crippen LogP contribution in [-0.4, -0.2) is 88.2 Å². The second-order valence-electron chi connectivity index (χ2n) is 8.75. The molecule has 4 rings (SSSR count). The Balaban J connectivity index is 1.36. The van der Waals surface area contributed by atoms with E-state index in [4.69, 9.17) is 14.3 Å². The number of piperidine rings is 1. The van der Waals surface area contributed by atoms with Crippen molar-refractivity contribution in [3.63, 3.8) is 0 Å². The predicted molar refractivity (Wildman–Crippen MR) is 116 cm³/mol. The Bertz CT molecular complexity index is 872. The van der Waals surface area contributed by atoms with Crippen LogP contribution in [-0.2, 0) is 23.9 Å². The van der Waals surface area contributed by atoms with Gasteiger partial charge in [0, 0.05) is 25.3 Å². The molecule has 2 saturated heterocycles. The second kappa shape index (κ2) is 10.2. The largest absolute Gasteiger partial charge is 0.463 e. The Labute approximate surface area is 192 Å². The third kappa shape index (κ3) is 5.28. The van der Waals surface area contributed by atoms with Crippen molar-refractivity contribution in [1.29, 1.82) is 0 Å². The monoisotopic (exact) mass is 461 g/mol. The van der Waals surface area contributed by atoms with Crippen molar-refractivity contribution >= 4 is 23.7 Å². The average molecular weight is 462 g/mol. The Morgan fingerprint density at radius 2 is 2.03 bits per heavy atom. The van der Waals surface area contributed by atoms with Gasteiger partial charge in [0.05, 0.1) is 18.8 Å². The van der Waals surface area contributed by atoms with Gasteiger partial charge in [0.25, 0.3) is 5.91 Å². The van der Waals surface area contributed by atoms with Gasteiger partial charge in [-0.15, -0.1) is 0 Å². The fraction of sp³-hybridized carbons (Fsp3) is 0.682. The number of H-pyrrole nitrogens is 1. The second-order valence-corrected chi connectivity index (χ2v) is 8.75. The topological polar surface area (TPSA) is 126 Å². The van der Waals surface area contributed by atoms with Gasteiger partial charge in [-0.25, -0.2) is 9.59 Å². The summed E-state index contributed by atoms with van der Waals surface area (Å²) in [4.78, 5) is 45.9. The van der Waals surface area contributed by atoms with Crippen LogP contribution in [0.25, 0.3) is 0 Å². The first-order chi connectivity index (χ1) is 16.0. The van der Waals surface area contributed by atoms with Gasteiger partial charge in [-0.05, 0) is 51.5 Å². The lowest BCUT2D eigenvalue weighted by Gasteiger charge is -2.36. The molecular formula is C22H31N5O6. The maximum atomic E-state index is 13.2. The fourth-order valence-electron chi connectivity index (χ4n) is 4.86. The molecule has 0 atom stereocenters. The molecule has 11 nitrogen and oxygen atoms in total. The normalized spacial score (nSPS) is 21.2. The summed E-state index contributed by atoms with van der Waals surface area (Å²) in [5.41, 5.74) is 0.115. The highest BCUT2D eigenvalue weighted by Gasteiger charge is 2.48. The molecule has 3 aliphatic rings. The Morgan fingerprint density at radius 3 is 2.70 bits per heavy atom. The third-order valence-electron chi connectivity index (χ3n) is 6.56. The van der Waals surface area contributed by atoms with Gasteiger partial charge in [-0.2, -0.15) is 5.10 Å². The van der Waals surface area contributed by atoms with E-state index in [1.54, 1.807) is 17.9 Å². The molecule has 1 N–H and O–H groups in total. The number of esters is 1. The molecule has 0 unspecified atom stereocenters. The van der Waals surface area contributed by atoms with E-state index in [1.807, 2.05) is 4.90 Å². The van der Waals surface area contributed by atoms with Crippen LogP contribution in [0.5, 0.6) is 0 Å². The van der Waals surface area contributed by atoms with Crippen LogP contribution < -0.4 is 0 Å². The lowest BCUT2D eigenvalue weighted by molar-refractivity contribution is -0.148. The smallest absolute Gasteiger partial charge is 0.410 e. The van der Waals surface area contributed by atoms with Crippen molar-refractivity contribution in [2.45, 2.75) is 63.5 Å². The highest BCUT2D eigenvalue weighted by molar-refractivity contribution is 6.44. The lowest BCUT2D eigenvalue weighted by Crippen LogP contribution is -2.49. The van der Waals surface area contributed by atoms with Crippen LogP contribution in [0.2, 0.25) is 0 Å². The summed E-state index contributed by atoms with van der Waals surface area (Å²) in [6.07, 6.45) is 7.87. The Hall–Kier alpha value is -3.11. The number of aromatic amines is 1. The minimum absolute atomic E-state index is 0.0389. The Morgan fingerprint density at radius 1 is 1.27 bits per heavy atom. The van der Waals surface area contributed by atoms with E-state index in [1.165, 1.54) is 12.6 Å².